The Hall–Kier alpha value is -1.36. The number of amides is 1. The molecule has 0 spiro atoms. The van der Waals surface area contributed by atoms with Gasteiger partial charge in [0.15, 0.2) is 0 Å². The molecule has 2 rings (SSSR count). The smallest absolute Gasteiger partial charge is 0.271 e. The Morgan fingerprint density at radius 3 is 2.94 bits per heavy atom. The maximum Gasteiger partial charge on any atom is 0.271 e. The molecule has 1 fully saturated rings. The summed E-state index contributed by atoms with van der Waals surface area (Å²) in [5.41, 5.74) is 0.509. The van der Waals surface area contributed by atoms with Crippen molar-refractivity contribution in [3.8, 4) is 0 Å². The van der Waals surface area contributed by atoms with Gasteiger partial charge >= 0.3 is 0 Å². The van der Waals surface area contributed by atoms with Crippen molar-refractivity contribution in [1.29, 1.82) is 0 Å². The van der Waals surface area contributed by atoms with Gasteiger partial charge in [-0.25, -0.2) is 0 Å². The van der Waals surface area contributed by atoms with E-state index in [9.17, 15) is 4.79 Å². The zero-order valence-electron chi connectivity index (χ0n) is 11.4. The molecule has 0 saturated carbocycles. The van der Waals surface area contributed by atoms with Crippen molar-refractivity contribution in [2.75, 3.05) is 26.7 Å². The fraction of sp³-hybridized carbons (Fsp3) is 0.692. The number of carbonyl (C=O) groups is 1. The molecule has 5 heteroatoms. The third kappa shape index (κ3) is 3.10. The van der Waals surface area contributed by atoms with E-state index < -0.39 is 0 Å². The molecule has 100 valence electrons. The summed E-state index contributed by atoms with van der Waals surface area (Å²) in [7, 11) is 2.12. The summed E-state index contributed by atoms with van der Waals surface area (Å²) >= 11 is 0. The van der Waals surface area contributed by atoms with Gasteiger partial charge in [0.25, 0.3) is 5.91 Å². The third-order valence-electron chi connectivity index (χ3n) is 3.41. The monoisotopic (exact) mass is 250 g/mol. The van der Waals surface area contributed by atoms with E-state index in [-0.39, 0.29) is 11.9 Å². The van der Waals surface area contributed by atoms with Crippen LogP contribution in [0.4, 0.5) is 0 Å². The lowest BCUT2D eigenvalue weighted by Gasteiger charge is -2.10. The average Bonchev–Trinajstić information content (AvgIpc) is 2.94. The predicted octanol–water partition coefficient (Wildman–Crippen LogP) is 1.15. The van der Waals surface area contributed by atoms with Gasteiger partial charge in [-0.15, -0.1) is 0 Å². The second kappa shape index (κ2) is 5.52. The van der Waals surface area contributed by atoms with Gasteiger partial charge in [-0.05, 0) is 45.8 Å². The molecule has 18 heavy (non-hydrogen) atoms. The molecule has 1 aromatic heterocycles. The zero-order valence-corrected chi connectivity index (χ0v) is 11.4. The largest absolute Gasteiger partial charge is 0.350 e. The van der Waals surface area contributed by atoms with Crippen LogP contribution in [-0.2, 0) is 0 Å². The van der Waals surface area contributed by atoms with Gasteiger partial charge in [-0.2, -0.15) is 5.10 Å². The third-order valence-corrected chi connectivity index (χ3v) is 3.41. The van der Waals surface area contributed by atoms with Crippen LogP contribution in [0.3, 0.4) is 0 Å². The SMILES string of the molecule is CC(C)n1ccc(C(=O)NCC2CCN(C)C2)n1. The highest BCUT2D eigenvalue weighted by Crippen LogP contribution is 2.13. The van der Waals surface area contributed by atoms with E-state index in [1.54, 1.807) is 10.7 Å². The molecule has 0 aliphatic carbocycles. The van der Waals surface area contributed by atoms with Crippen molar-refractivity contribution in [1.82, 2.24) is 20.0 Å². The maximum atomic E-state index is 11.9. The Morgan fingerprint density at radius 2 is 2.39 bits per heavy atom. The van der Waals surface area contributed by atoms with E-state index in [0.717, 1.165) is 26.1 Å². The highest BCUT2D eigenvalue weighted by Gasteiger charge is 2.20. The van der Waals surface area contributed by atoms with Crippen molar-refractivity contribution in [3.63, 3.8) is 0 Å². The fourth-order valence-electron chi connectivity index (χ4n) is 2.27. The molecular weight excluding hydrogens is 228 g/mol. The number of nitrogens with zero attached hydrogens (tertiary/aromatic N) is 3. The van der Waals surface area contributed by atoms with Crippen LogP contribution in [0.15, 0.2) is 12.3 Å². The molecule has 1 unspecified atom stereocenters. The molecule has 1 aliphatic heterocycles. The number of hydrogen-bond acceptors (Lipinski definition) is 3. The van der Waals surface area contributed by atoms with E-state index in [0.29, 0.717) is 11.6 Å². The molecule has 0 radical (unpaired) electrons. The molecule has 1 N–H and O–H groups in total. The minimum Gasteiger partial charge on any atom is -0.350 e. The number of aromatic nitrogens is 2. The van der Waals surface area contributed by atoms with Crippen molar-refractivity contribution in [2.24, 2.45) is 5.92 Å². The molecular formula is C13H22N4O. The maximum absolute atomic E-state index is 11.9. The van der Waals surface area contributed by atoms with Crippen LogP contribution in [0.25, 0.3) is 0 Å². The highest BCUT2D eigenvalue weighted by atomic mass is 16.1. The summed E-state index contributed by atoms with van der Waals surface area (Å²) in [6, 6.07) is 2.06. The van der Waals surface area contributed by atoms with Crippen LogP contribution < -0.4 is 5.32 Å². The fourth-order valence-corrected chi connectivity index (χ4v) is 2.27. The first-order valence-electron chi connectivity index (χ1n) is 6.58. The molecule has 1 aromatic rings. The number of rotatable bonds is 4. The highest BCUT2D eigenvalue weighted by molar-refractivity contribution is 5.92. The van der Waals surface area contributed by atoms with E-state index in [4.69, 9.17) is 0 Å². The Balaban J connectivity index is 1.83. The van der Waals surface area contributed by atoms with Gasteiger partial charge in [-0.3, -0.25) is 9.48 Å². The Bertz CT molecular complexity index is 413. The predicted molar refractivity (Wildman–Crippen MR) is 70.5 cm³/mol. The number of carbonyl (C=O) groups excluding carboxylic acids is 1. The van der Waals surface area contributed by atoms with Gasteiger partial charge in [-0.1, -0.05) is 0 Å². The summed E-state index contributed by atoms with van der Waals surface area (Å²) in [4.78, 5) is 14.2. The van der Waals surface area contributed by atoms with Crippen LogP contribution in [0.2, 0.25) is 0 Å². The summed E-state index contributed by atoms with van der Waals surface area (Å²) in [5, 5.41) is 7.24. The van der Waals surface area contributed by atoms with Crippen molar-refractivity contribution < 1.29 is 4.79 Å². The topological polar surface area (TPSA) is 50.2 Å². The molecule has 1 saturated heterocycles. The molecule has 2 heterocycles. The molecule has 1 amide bonds. The normalized spacial score (nSPS) is 20.6. The quantitative estimate of drug-likeness (QED) is 0.872. The zero-order chi connectivity index (χ0) is 13.1. The van der Waals surface area contributed by atoms with Crippen molar-refractivity contribution >= 4 is 5.91 Å². The summed E-state index contributed by atoms with van der Waals surface area (Å²) in [6.45, 7) is 7.03. The lowest BCUT2D eigenvalue weighted by molar-refractivity contribution is 0.0941. The molecule has 1 aliphatic rings. The first kappa shape index (κ1) is 13.1. The Morgan fingerprint density at radius 1 is 1.61 bits per heavy atom. The van der Waals surface area contributed by atoms with E-state index in [2.05, 4.69) is 22.4 Å². The minimum absolute atomic E-state index is 0.0658. The van der Waals surface area contributed by atoms with Gasteiger partial charge in [0.1, 0.15) is 5.69 Å². The Kier molecular flexibility index (Phi) is 4.01. The van der Waals surface area contributed by atoms with Crippen LogP contribution in [0.5, 0.6) is 0 Å². The number of nitrogens with one attached hydrogen (secondary N) is 1. The van der Waals surface area contributed by atoms with Gasteiger partial charge in [0, 0.05) is 25.3 Å². The molecule has 0 aromatic carbocycles. The van der Waals surface area contributed by atoms with E-state index in [1.165, 1.54) is 0 Å². The first-order valence-corrected chi connectivity index (χ1v) is 6.58. The van der Waals surface area contributed by atoms with E-state index in [1.807, 2.05) is 20.0 Å². The summed E-state index contributed by atoms with van der Waals surface area (Å²) in [5.74, 6) is 0.509. The van der Waals surface area contributed by atoms with Gasteiger partial charge < -0.3 is 10.2 Å². The molecule has 0 bridgehead atoms. The van der Waals surface area contributed by atoms with E-state index >= 15 is 0 Å². The number of hydrogen-bond donors (Lipinski definition) is 1. The lowest BCUT2D eigenvalue weighted by atomic mass is 10.1. The van der Waals surface area contributed by atoms with Crippen LogP contribution in [0.1, 0.15) is 36.8 Å². The van der Waals surface area contributed by atoms with Crippen molar-refractivity contribution in [2.45, 2.75) is 26.3 Å². The summed E-state index contributed by atoms with van der Waals surface area (Å²) < 4.78 is 1.80. The molecule has 5 nitrogen and oxygen atoms in total. The standard InChI is InChI=1S/C13H22N4O/c1-10(2)17-7-5-12(15-17)13(18)14-8-11-4-6-16(3)9-11/h5,7,10-11H,4,6,8-9H2,1-3H3,(H,14,18). The second-order valence-corrected chi connectivity index (χ2v) is 5.40. The first-order chi connectivity index (χ1) is 8.56. The molecule has 1 atom stereocenters. The van der Waals surface area contributed by atoms with Crippen molar-refractivity contribution in [3.05, 3.63) is 18.0 Å². The average molecular weight is 250 g/mol. The van der Waals surface area contributed by atoms with Gasteiger partial charge in [0.2, 0.25) is 0 Å². The van der Waals surface area contributed by atoms with Gasteiger partial charge in [0.05, 0.1) is 0 Å². The van der Waals surface area contributed by atoms with Crippen LogP contribution >= 0.6 is 0 Å². The minimum atomic E-state index is -0.0658. The van der Waals surface area contributed by atoms with Crippen LogP contribution in [0, 0.1) is 5.92 Å². The number of likely N-dealkylation sites (tertiary alicyclic amines) is 1. The lowest BCUT2D eigenvalue weighted by Crippen LogP contribution is -2.30. The Labute approximate surface area is 108 Å². The second-order valence-electron chi connectivity index (χ2n) is 5.40. The van der Waals surface area contributed by atoms with Crippen LogP contribution in [-0.4, -0.2) is 47.3 Å². The summed E-state index contributed by atoms with van der Waals surface area (Å²) in [6.07, 6.45) is 3.01.